The van der Waals surface area contributed by atoms with Crippen molar-refractivity contribution in [2.45, 2.75) is 26.4 Å². The van der Waals surface area contributed by atoms with Crippen LogP contribution in [0.4, 0.5) is 0 Å². The van der Waals surface area contributed by atoms with Gasteiger partial charge in [-0.2, -0.15) is 5.26 Å². The highest BCUT2D eigenvalue weighted by Gasteiger charge is 2.15. The third kappa shape index (κ3) is 4.77. The molecule has 0 N–H and O–H groups in total. The standard InChI is InChI=1S/C22H20N2O4/c1-16-20(21(24-28-16)17-7-3-2-4-8-17)15-27-19-11-9-18(10-12-19)22(25)26-14-6-5-13-23/h2-4,7-12H,5-6,14-15H2,1H3. The Morgan fingerprint density at radius 1 is 1.14 bits per heavy atom. The zero-order valence-electron chi connectivity index (χ0n) is 15.6. The average Bonchev–Trinajstić information content (AvgIpc) is 3.11. The Bertz CT molecular complexity index is 956. The van der Waals surface area contributed by atoms with E-state index in [0.717, 1.165) is 16.8 Å². The zero-order valence-corrected chi connectivity index (χ0v) is 15.6. The summed E-state index contributed by atoms with van der Waals surface area (Å²) in [5.41, 5.74) is 3.05. The molecule has 0 saturated carbocycles. The van der Waals surface area contributed by atoms with Gasteiger partial charge in [-0.15, -0.1) is 0 Å². The quantitative estimate of drug-likeness (QED) is 0.419. The molecule has 0 aliphatic carbocycles. The van der Waals surface area contributed by atoms with Gasteiger partial charge >= 0.3 is 5.97 Å². The van der Waals surface area contributed by atoms with Gasteiger partial charge in [0.2, 0.25) is 0 Å². The van der Waals surface area contributed by atoms with E-state index in [4.69, 9.17) is 19.3 Å². The highest BCUT2D eigenvalue weighted by atomic mass is 16.5. The van der Waals surface area contributed by atoms with Crippen LogP contribution in [0.25, 0.3) is 11.3 Å². The predicted molar refractivity (Wildman–Crippen MR) is 103 cm³/mol. The summed E-state index contributed by atoms with van der Waals surface area (Å²) in [7, 11) is 0. The highest BCUT2D eigenvalue weighted by Crippen LogP contribution is 2.26. The van der Waals surface area contributed by atoms with Crippen LogP contribution in [0.2, 0.25) is 0 Å². The molecule has 0 fully saturated rings. The molecule has 3 aromatic rings. The van der Waals surface area contributed by atoms with Gasteiger partial charge in [-0.05, 0) is 37.6 Å². The molecule has 142 valence electrons. The molecule has 1 aromatic heterocycles. The van der Waals surface area contributed by atoms with Crippen LogP contribution < -0.4 is 4.74 Å². The van der Waals surface area contributed by atoms with Crippen LogP contribution in [0.15, 0.2) is 59.1 Å². The smallest absolute Gasteiger partial charge is 0.338 e. The summed E-state index contributed by atoms with van der Waals surface area (Å²) in [5, 5.41) is 12.6. The fourth-order valence-electron chi connectivity index (χ4n) is 2.63. The molecule has 28 heavy (non-hydrogen) atoms. The van der Waals surface area contributed by atoms with Gasteiger partial charge in [-0.25, -0.2) is 4.79 Å². The molecule has 6 heteroatoms. The topological polar surface area (TPSA) is 85.3 Å². The fourth-order valence-corrected chi connectivity index (χ4v) is 2.63. The molecule has 0 aliphatic heterocycles. The van der Waals surface area contributed by atoms with Crippen molar-refractivity contribution in [3.8, 4) is 23.1 Å². The number of benzene rings is 2. The summed E-state index contributed by atoms with van der Waals surface area (Å²) in [6.45, 7) is 2.39. The average molecular weight is 376 g/mol. The summed E-state index contributed by atoms with van der Waals surface area (Å²) in [6, 6.07) is 18.5. The molecule has 3 rings (SSSR count). The summed E-state index contributed by atoms with van der Waals surface area (Å²) in [4.78, 5) is 11.9. The molecule has 0 saturated heterocycles. The van der Waals surface area contributed by atoms with E-state index in [1.807, 2.05) is 43.3 Å². The SMILES string of the molecule is Cc1onc(-c2ccccc2)c1COc1ccc(C(=O)OCCCC#N)cc1. The Kier molecular flexibility index (Phi) is 6.42. The first-order valence-electron chi connectivity index (χ1n) is 8.96. The van der Waals surface area contributed by atoms with Gasteiger partial charge in [0.25, 0.3) is 0 Å². The van der Waals surface area contributed by atoms with E-state index in [1.165, 1.54) is 0 Å². The van der Waals surface area contributed by atoms with Gasteiger partial charge < -0.3 is 14.0 Å². The van der Waals surface area contributed by atoms with Crippen LogP contribution in [-0.2, 0) is 11.3 Å². The van der Waals surface area contributed by atoms with Gasteiger partial charge in [-0.3, -0.25) is 0 Å². The summed E-state index contributed by atoms with van der Waals surface area (Å²) < 4.78 is 16.3. The third-order valence-electron chi connectivity index (χ3n) is 4.17. The van der Waals surface area contributed by atoms with Crippen LogP contribution in [0.1, 0.15) is 34.5 Å². The van der Waals surface area contributed by atoms with E-state index in [9.17, 15) is 4.79 Å². The first-order valence-corrected chi connectivity index (χ1v) is 8.96. The Morgan fingerprint density at radius 3 is 2.61 bits per heavy atom. The van der Waals surface area contributed by atoms with Crippen molar-refractivity contribution in [3.05, 3.63) is 71.5 Å². The molecule has 6 nitrogen and oxygen atoms in total. The Balaban J connectivity index is 1.61. The molecule has 2 aromatic carbocycles. The maximum Gasteiger partial charge on any atom is 0.338 e. The summed E-state index contributed by atoms with van der Waals surface area (Å²) in [6.07, 6.45) is 0.901. The van der Waals surface area contributed by atoms with Crippen molar-refractivity contribution < 1.29 is 18.8 Å². The molecule has 1 heterocycles. The molecule has 0 amide bonds. The summed E-state index contributed by atoms with van der Waals surface area (Å²) in [5.74, 6) is 0.919. The number of esters is 1. The monoisotopic (exact) mass is 376 g/mol. The molecule has 0 radical (unpaired) electrons. The first kappa shape index (κ1) is 19.2. The van der Waals surface area contributed by atoms with Gasteiger partial charge in [0.1, 0.15) is 23.8 Å². The van der Waals surface area contributed by atoms with Gasteiger partial charge in [0.15, 0.2) is 0 Å². The van der Waals surface area contributed by atoms with Crippen molar-refractivity contribution in [1.82, 2.24) is 5.16 Å². The van der Waals surface area contributed by atoms with Crippen molar-refractivity contribution in [2.24, 2.45) is 0 Å². The molecular weight excluding hydrogens is 356 g/mol. The molecule has 0 unspecified atom stereocenters. The lowest BCUT2D eigenvalue weighted by molar-refractivity contribution is 0.0501. The molecule has 0 aliphatic rings. The maximum absolute atomic E-state index is 11.9. The molecule has 0 spiro atoms. The highest BCUT2D eigenvalue weighted by molar-refractivity contribution is 5.89. The van der Waals surface area contributed by atoms with Crippen molar-refractivity contribution in [2.75, 3.05) is 6.61 Å². The number of hydrogen-bond donors (Lipinski definition) is 0. The van der Waals surface area contributed by atoms with Crippen LogP contribution in [0, 0.1) is 18.3 Å². The maximum atomic E-state index is 11.9. The minimum absolute atomic E-state index is 0.236. The first-order chi connectivity index (χ1) is 13.7. The predicted octanol–water partition coefficient (Wildman–Crippen LogP) is 4.69. The van der Waals surface area contributed by atoms with E-state index >= 15 is 0 Å². The second-order valence-electron chi connectivity index (χ2n) is 6.14. The number of hydrogen-bond acceptors (Lipinski definition) is 6. The number of ether oxygens (including phenoxy) is 2. The van der Waals surface area contributed by atoms with Crippen LogP contribution in [0.5, 0.6) is 5.75 Å². The Morgan fingerprint density at radius 2 is 1.89 bits per heavy atom. The lowest BCUT2D eigenvalue weighted by atomic mass is 10.1. The summed E-state index contributed by atoms with van der Waals surface area (Å²) >= 11 is 0. The van der Waals surface area contributed by atoms with E-state index in [-0.39, 0.29) is 6.61 Å². The van der Waals surface area contributed by atoms with E-state index < -0.39 is 5.97 Å². The number of nitriles is 1. The van der Waals surface area contributed by atoms with E-state index in [2.05, 4.69) is 5.16 Å². The number of rotatable bonds is 8. The lowest BCUT2D eigenvalue weighted by Gasteiger charge is -2.08. The number of carbonyl (C=O) groups is 1. The van der Waals surface area contributed by atoms with Gasteiger partial charge in [0, 0.05) is 12.0 Å². The van der Waals surface area contributed by atoms with Crippen LogP contribution >= 0.6 is 0 Å². The minimum atomic E-state index is -0.411. The van der Waals surface area contributed by atoms with Crippen LogP contribution in [-0.4, -0.2) is 17.7 Å². The number of carbonyl (C=O) groups excluding carboxylic acids is 1. The van der Waals surface area contributed by atoms with Crippen molar-refractivity contribution in [3.63, 3.8) is 0 Å². The van der Waals surface area contributed by atoms with Crippen molar-refractivity contribution in [1.29, 1.82) is 5.26 Å². The molecule has 0 atom stereocenters. The number of aromatic nitrogens is 1. The zero-order chi connectivity index (χ0) is 19.8. The van der Waals surface area contributed by atoms with Gasteiger partial charge in [-0.1, -0.05) is 35.5 Å². The molecule has 0 bridgehead atoms. The Hall–Kier alpha value is -3.59. The molecular formula is C22H20N2O4. The van der Waals surface area contributed by atoms with E-state index in [1.54, 1.807) is 24.3 Å². The Labute approximate surface area is 163 Å². The lowest BCUT2D eigenvalue weighted by Crippen LogP contribution is -2.06. The minimum Gasteiger partial charge on any atom is -0.489 e. The largest absolute Gasteiger partial charge is 0.489 e. The van der Waals surface area contributed by atoms with Crippen LogP contribution in [0.3, 0.4) is 0 Å². The number of nitrogens with zero attached hydrogens (tertiary/aromatic N) is 2. The third-order valence-corrected chi connectivity index (χ3v) is 4.17. The number of aryl methyl sites for hydroxylation is 1. The number of unbranched alkanes of at least 4 members (excludes halogenated alkanes) is 1. The fraction of sp³-hybridized carbons (Fsp3) is 0.227. The normalized spacial score (nSPS) is 10.3. The van der Waals surface area contributed by atoms with Crippen molar-refractivity contribution >= 4 is 5.97 Å². The van der Waals surface area contributed by atoms with Gasteiger partial charge in [0.05, 0.1) is 23.8 Å². The second kappa shape index (κ2) is 9.38. The second-order valence-corrected chi connectivity index (χ2v) is 6.14. The van der Waals surface area contributed by atoms with E-state index in [0.29, 0.717) is 36.5 Å².